The van der Waals surface area contributed by atoms with Crippen LogP contribution >= 0.6 is 11.3 Å². The highest BCUT2D eigenvalue weighted by Crippen LogP contribution is 2.56. The highest BCUT2D eigenvalue weighted by Gasteiger charge is 2.49. The Morgan fingerprint density at radius 2 is 1.00 bits per heavy atom. The van der Waals surface area contributed by atoms with Crippen LogP contribution in [0, 0.1) is 6.92 Å². The predicted molar refractivity (Wildman–Crippen MR) is 315 cm³/mol. The van der Waals surface area contributed by atoms with Crippen LogP contribution in [-0.4, -0.2) is 14.8 Å². The number of hydrogen-bond acceptors (Lipinski definition) is 3. The molecule has 0 unspecified atom stereocenters. The van der Waals surface area contributed by atoms with E-state index < -0.39 is 8.07 Å². The molecule has 5 aliphatic rings. The molecule has 0 spiro atoms. The van der Waals surface area contributed by atoms with Crippen LogP contribution in [0.4, 0.5) is 34.1 Å². The second-order valence-corrected chi connectivity index (χ2v) is 34.0. The van der Waals surface area contributed by atoms with Crippen molar-refractivity contribution >= 4 is 91.2 Å². The van der Waals surface area contributed by atoms with Crippen molar-refractivity contribution in [2.24, 2.45) is 0 Å². The Labute approximate surface area is 432 Å². The van der Waals surface area contributed by atoms with Gasteiger partial charge in [-0.1, -0.05) is 163 Å². The Morgan fingerprint density at radius 1 is 0.479 bits per heavy atom. The maximum Gasteiger partial charge on any atom is 0.264 e. The molecule has 364 valence electrons. The van der Waals surface area contributed by atoms with Gasteiger partial charge in [0.1, 0.15) is 0 Å². The van der Waals surface area contributed by atoms with Gasteiger partial charge in [0.15, 0.2) is 0 Å². The van der Waals surface area contributed by atoms with Gasteiger partial charge in [0.05, 0.1) is 19.4 Å². The lowest BCUT2D eigenvalue weighted by Crippen LogP contribution is -2.61. The highest BCUT2D eigenvalue weighted by atomic mass is 32.1. The first-order chi connectivity index (χ1) is 33.2. The van der Waals surface area contributed by atoms with Gasteiger partial charge in [-0.15, -0.1) is 11.3 Å². The molecule has 0 radical (unpaired) electrons. The Hall–Kier alpha value is -4.84. The lowest BCUT2D eigenvalue weighted by Gasteiger charge is -2.47. The summed E-state index contributed by atoms with van der Waals surface area (Å²) in [4.78, 5) is 5.51. The van der Waals surface area contributed by atoms with E-state index in [1.807, 2.05) is 0 Å². The molecule has 0 bridgehead atoms. The molecule has 2 aliphatic heterocycles. The van der Waals surface area contributed by atoms with Gasteiger partial charge < -0.3 is 9.80 Å². The van der Waals surface area contributed by atoms with Crippen molar-refractivity contribution in [2.45, 2.75) is 181 Å². The summed E-state index contributed by atoms with van der Waals surface area (Å²) in [5.74, 6) is 0. The first-order valence-corrected chi connectivity index (χ1v) is 31.4. The Morgan fingerprint density at radius 3 is 1.59 bits per heavy atom. The van der Waals surface area contributed by atoms with Crippen molar-refractivity contribution in [1.82, 2.24) is 0 Å². The smallest absolute Gasteiger partial charge is 0.264 e. The molecular weight excluding hydrogens is 892 g/mol. The largest absolute Gasteiger partial charge is 0.311 e. The molecule has 0 saturated carbocycles. The summed E-state index contributed by atoms with van der Waals surface area (Å²) in [6, 6.07) is 42.3. The number of benzene rings is 6. The molecule has 5 heteroatoms. The number of hydrogen-bond donors (Lipinski definition) is 0. The molecule has 3 aliphatic carbocycles. The number of rotatable bonds is 4. The van der Waals surface area contributed by atoms with Crippen molar-refractivity contribution in [3.05, 3.63) is 142 Å². The van der Waals surface area contributed by atoms with Gasteiger partial charge >= 0.3 is 0 Å². The molecule has 0 N–H and O–H groups in total. The maximum absolute atomic E-state index is 2.77. The second kappa shape index (κ2) is 15.1. The van der Waals surface area contributed by atoms with E-state index in [9.17, 15) is 0 Å². The number of nitrogens with zero attached hydrogens (tertiary/aromatic N) is 2. The van der Waals surface area contributed by atoms with Gasteiger partial charge in [-0.2, -0.15) is 0 Å². The molecule has 71 heavy (non-hydrogen) atoms. The van der Waals surface area contributed by atoms with Crippen LogP contribution in [0.15, 0.2) is 103 Å². The van der Waals surface area contributed by atoms with E-state index in [1.54, 1.807) is 5.56 Å². The van der Waals surface area contributed by atoms with Gasteiger partial charge in [-0.05, 0) is 182 Å². The molecule has 0 atom stereocenters. The standard InChI is InChI=1S/C66H77BN2SSi/c1-40-32-55-58-56(33-40)69(53-25-23-43(71(14,15)16)35-44(53)41-20-18-17-19-21-41)54-38-50-49(64(8,9)29-30-65(50,10)11)37-52(54)67(58)60-59(45-36-48-51(39-57(45)70-60)66(12,13)31-28-63(48,6)7)68(55)42-22-24-46-47(34-42)62(4,5)27-26-61(46,2)3/h17-25,32-39H,26-31H2,1-16H3. The molecule has 1 aromatic heterocycles. The topological polar surface area (TPSA) is 6.48 Å². The van der Waals surface area contributed by atoms with E-state index in [4.69, 9.17) is 0 Å². The van der Waals surface area contributed by atoms with Gasteiger partial charge in [0, 0.05) is 43.2 Å². The van der Waals surface area contributed by atoms with Gasteiger partial charge in [0.2, 0.25) is 0 Å². The van der Waals surface area contributed by atoms with Crippen LogP contribution in [-0.2, 0) is 32.5 Å². The summed E-state index contributed by atoms with van der Waals surface area (Å²) in [7, 11) is -1.68. The van der Waals surface area contributed by atoms with Crippen LogP contribution in [0.2, 0.25) is 19.6 Å². The minimum Gasteiger partial charge on any atom is -0.311 e. The summed E-state index contributed by atoms with van der Waals surface area (Å²) in [6.07, 6.45) is 7.15. The monoisotopic (exact) mass is 969 g/mol. The average Bonchev–Trinajstić information content (AvgIpc) is 3.68. The normalized spacial score (nSPS) is 20.4. The summed E-state index contributed by atoms with van der Waals surface area (Å²) < 4.78 is 2.91. The fourth-order valence-electron chi connectivity index (χ4n) is 14.0. The second-order valence-electron chi connectivity index (χ2n) is 27.9. The van der Waals surface area contributed by atoms with Crippen LogP contribution in [0.25, 0.3) is 21.2 Å². The molecule has 0 amide bonds. The van der Waals surface area contributed by atoms with E-state index in [0.29, 0.717) is 0 Å². The van der Waals surface area contributed by atoms with Crippen LogP contribution in [0.3, 0.4) is 0 Å². The molecular formula is C66H77BN2SSi. The minimum absolute atomic E-state index is 0.0488. The first-order valence-electron chi connectivity index (χ1n) is 27.1. The Bertz CT molecular complexity index is 3390. The fourth-order valence-corrected chi connectivity index (χ4v) is 16.5. The highest BCUT2D eigenvalue weighted by molar-refractivity contribution is 7.33. The zero-order valence-corrected chi connectivity index (χ0v) is 47.8. The van der Waals surface area contributed by atoms with Crippen LogP contribution in [0.5, 0.6) is 0 Å². The zero-order valence-electron chi connectivity index (χ0n) is 45.9. The van der Waals surface area contributed by atoms with Gasteiger partial charge in [0.25, 0.3) is 6.71 Å². The Kier molecular flexibility index (Phi) is 10.1. The molecule has 3 heterocycles. The maximum atomic E-state index is 2.77. The molecule has 0 fully saturated rings. The van der Waals surface area contributed by atoms with Gasteiger partial charge in [-0.3, -0.25) is 0 Å². The van der Waals surface area contributed by atoms with Crippen molar-refractivity contribution in [2.75, 3.05) is 9.80 Å². The van der Waals surface area contributed by atoms with E-state index in [-0.39, 0.29) is 39.2 Å². The third-order valence-electron chi connectivity index (χ3n) is 19.0. The van der Waals surface area contributed by atoms with Gasteiger partial charge in [-0.25, -0.2) is 0 Å². The summed E-state index contributed by atoms with van der Waals surface area (Å²) in [6.45, 7) is 39.8. The van der Waals surface area contributed by atoms with Crippen molar-refractivity contribution in [3.8, 4) is 11.1 Å². The number of fused-ring (bicyclic) bond motifs is 9. The lowest BCUT2D eigenvalue weighted by atomic mass is 9.35. The van der Waals surface area contributed by atoms with Crippen LogP contribution in [0.1, 0.15) is 161 Å². The molecule has 6 aromatic carbocycles. The van der Waals surface area contributed by atoms with Crippen molar-refractivity contribution in [1.29, 1.82) is 0 Å². The predicted octanol–water partition coefficient (Wildman–Crippen LogP) is 16.6. The molecule has 12 rings (SSSR count). The third-order valence-corrected chi connectivity index (χ3v) is 22.3. The Balaban J connectivity index is 1.23. The zero-order chi connectivity index (χ0) is 50.3. The summed E-state index contributed by atoms with van der Waals surface area (Å²) >= 11 is 2.09. The minimum atomic E-state index is -1.68. The summed E-state index contributed by atoms with van der Waals surface area (Å²) in [5.41, 5.74) is 24.4. The molecule has 7 aromatic rings. The summed E-state index contributed by atoms with van der Waals surface area (Å²) in [5, 5.41) is 2.90. The third kappa shape index (κ3) is 7.04. The number of anilines is 6. The molecule has 2 nitrogen and oxygen atoms in total. The van der Waals surface area contributed by atoms with E-state index in [1.165, 1.54) is 148 Å². The van der Waals surface area contributed by atoms with E-state index in [0.717, 1.165) is 0 Å². The van der Waals surface area contributed by atoms with E-state index >= 15 is 0 Å². The fraction of sp³-hybridized carbons (Fsp3) is 0.424. The van der Waals surface area contributed by atoms with Crippen molar-refractivity contribution < 1.29 is 0 Å². The number of aryl methyl sites for hydroxylation is 1. The number of thiophene rings is 1. The van der Waals surface area contributed by atoms with E-state index in [2.05, 4.69) is 234 Å². The quantitative estimate of drug-likeness (QED) is 0.162. The SMILES string of the molecule is Cc1cc2c3c(c1)N(c1ccc4c(c1)C(C)(C)CCC4(C)C)c1c(sc4cc5c(cc14)C(C)(C)CCC5(C)C)B3c1cc3c(cc1N2c1ccc([Si](C)(C)C)cc1-c1ccccc1)C(C)(C)CCC3(C)C. The lowest BCUT2D eigenvalue weighted by molar-refractivity contribution is 0.332. The van der Waals surface area contributed by atoms with Crippen molar-refractivity contribution in [3.63, 3.8) is 0 Å². The first kappa shape index (κ1) is 47.2. The molecule has 0 saturated heterocycles. The average molecular weight is 969 g/mol. The van der Waals surface area contributed by atoms with Crippen LogP contribution < -0.4 is 30.7 Å².